The highest BCUT2D eigenvalue weighted by atomic mass is 127. The van der Waals surface area contributed by atoms with Crippen molar-refractivity contribution >= 4 is 46.2 Å². The third kappa shape index (κ3) is 5.48. The van der Waals surface area contributed by atoms with E-state index in [4.69, 9.17) is 4.74 Å². The van der Waals surface area contributed by atoms with Crippen LogP contribution < -0.4 is 10.6 Å². The van der Waals surface area contributed by atoms with Gasteiger partial charge in [-0.1, -0.05) is 61.9 Å². The summed E-state index contributed by atoms with van der Waals surface area (Å²) in [7, 11) is 0. The first-order valence-corrected chi connectivity index (χ1v) is 12.4. The number of ether oxygens (including phenoxy) is 1. The zero-order valence-corrected chi connectivity index (χ0v) is 21.2. The van der Waals surface area contributed by atoms with Crippen molar-refractivity contribution in [1.82, 2.24) is 5.32 Å². The Morgan fingerprint density at radius 2 is 1.63 bits per heavy atom. The Hall–Kier alpha value is -3.40. The monoisotopic (exact) mass is 584 g/mol. The van der Waals surface area contributed by atoms with Gasteiger partial charge in [-0.3, -0.25) is 10.1 Å². The lowest BCUT2D eigenvalue weighted by Gasteiger charge is -2.16. The van der Waals surface area contributed by atoms with Crippen LogP contribution in [0.4, 0.5) is 10.5 Å². The minimum absolute atomic E-state index is 0.0383. The summed E-state index contributed by atoms with van der Waals surface area (Å²) in [5.74, 6) is -1.58. The lowest BCUT2D eigenvalue weighted by atomic mass is 9.98. The highest BCUT2D eigenvalue weighted by Gasteiger charge is 2.29. The maximum Gasteiger partial charge on any atom is 0.411 e. The van der Waals surface area contributed by atoms with Crippen molar-refractivity contribution in [1.29, 1.82) is 0 Å². The molecule has 2 amide bonds. The zero-order chi connectivity index (χ0) is 24.9. The predicted molar refractivity (Wildman–Crippen MR) is 142 cm³/mol. The van der Waals surface area contributed by atoms with E-state index in [-0.39, 0.29) is 12.5 Å². The molecule has 0 unspecified atom stereocenters. The molecule has 3 aromatic carbocycles. The van der Waals surface area contributed by atoms with E-state index >= 15 is 0 Å². The number of carbonyl (C=O) groups is 3. The second-order valence-electron chi connectivity index (χ2n) is 8.30. The molecule has 35 heavy (non-hydrogen) atoms. The van der Waals surface area contributed by atoms with Crippen molar-refractivity contribution < 1.29 is 24.2 Å². The highest BCUT2D eigenvalue weighted by molar-refractivity contribution is 14.1. The number of hydrogen-bond acceptors (Lipinski definition) is 4. The van der Waals surface area contributed by atoms with E-state index in [2.05, 4.69) is 34.9 Å². The van der Waals surface area contributed by atoms with Gasteiger partial charge in [-0.05, 0) is 69.5 Å². The first-order chi connectivity index (χ1) is 16.9. The van der Waals surface area contributed by atoms with Crippen LogP contribution in [-0.4, -0.2) is 35.7 Å². The van der Waals surface area contributed by atoms with Crippen molar-refractivity contribution in [3.8, 4) is 11.1 Å². The normalized spacial score (nSPS) is 12.9. The molecule has 1 aliphatic carbocycles. The number of amides is 2. The fraction of sp³-hybridized carbons (Fsp3) is 0.222. The summed E-state index contributed by atoms with van der Waals surface area (Å²) in [6, 6.07) is 20.1. The molecule has 0 fully saturated rings. The summed E-state index contributed by atoms with van der Waals surface area (Å²) < 4.78 is 6.21. The maximum absolute atomic E-state index is 12.6. The fourth-order valence-electron chi connectivity index (χ4n) is 4.29. The summed E-state index contributed by atoms with van der Waals surface area (Å²) in [4.78, 5) is 36.4. The van der Waals surface area contributed by atoms with Crippen molar-refractivity contribution in [2.45, 2.75) is 31.7 Å². The number of aliphatic carboxylic acids is 1. The smallest absolute Gasteiger partial charge is 0.411 e. The number of anilines is 1. The van der Waals surface area contributed by atoms with Crippen molar-refractivity contribution in [3.05, 3.63) is 87.0 Å². The molecule has 1 atom stereocenters. The largest absolute Gasteiger partial charge is 0.480 e. The molecule has 3 N–H and O–H groups in total. The van der Waals surface area contributed by atoms with Crippen LogP contribution in [0.25, 0.3) is 11.1 Å². The fourth-order valence-corrected chi connectivity index (χ4v) is 4.94. The Bertz CT molecular complexity index is 1230. The minimum atomic E-state index is -1.07. The molecule has 0 heterocycles. The third-order valence-electron chi connectivity index (χ3n) is 5.99. The first kappa shape index (κ1) is 24.7. The van der Waals surface area contributed by atoms with Crippen LogP contribution in [0.3, 0.4) is 0 Å². The molecule has 0 aliphatic heterocycles. The quantitative estimate of drug-likeness (QED) is 0.298. The molecule has 7 nitrogen and oxygen atoms in total. The van der Waals surface area contributed by atoms with Gasteiger partial charge in [-0.25, -0.2) is 9.59 Å². The van der Waals surface area contributed by atoms with Gasteiger partial charge in [0.25, 0.3) is 5.91 Å². The number of hydrogen-bond donors (Lipinski definition) is 3. The average Bonchev–Trinajstić information content (AvgIpc) is 3.17. The molecule has 4 rings (SSSR count). The molecule has 0 spiro atoms. The lowest BCUT2D eigenvalue weighted by molar-refractivity contribution is -0.139. The number of carboxylic acids is 1. The number of carbonyl (C=O) groups excluding carboxylic acids is 2. The molecule has 0 aromatic heterocycles. The van der Waals surface area contributed by atoms with Gasteiger partial charge < -0.3 is 15.2 Å². The summed E-state index contributed by atoms with van der Waals surface area (Å²) in [5.41, 5.74) is 5.40. The van der Waals surface area contributed by atoms with Gasteiger partial charge in [0.05, 0.1) is 5.69 Å². The molecule has 3 aromatic rings. The Morgan fingerprint density at radius 3 is 2.20 bits per heavy atom. The molecule has 1 aliphatic rings. The highest BCUT2D eigenvalue weighted by Crippen LogP contribution is 2.44. The lowest BCUT2D eigenvalue weighted by Crippen LogP contribution is -2.40. The van der Waals surface area contributed by atoms with Crippen LogP contribution in [0.1, 0.15) is 47.2 Å². The Morgan fingerprint density at radius 1 is 1.00 bits per heavy atom. The second-order valence-corrected chi connectivity index (χ2v) is 9.46. The molecular weight excluding hydrogens is 559 g/mol. The van der Waals surface area contributed by atoms with Crippen LogP contribution in [0.15, 0.2) is 66.7 Å². The molecule has 0 saturated carbocycles. The van der Waals surface area contributed by atoms with E-state index in [1.165, 1.54) is 0 Å². The minimum Gasteiger partial charge on any atom is -0.480 e. The Kier molecular flexibility index (Phi) is 7.70. The number of fused-ring (bicyclic) bond motifs is 3. The number of rotatable bonds is 8. The molecular formula is C27H25IN2O5. The van der Waals surface area contributed by atoms with Crippen molar-refractivity contribution in [2.24, 2.45) is 0 Å². The molecule has 180 valence electrons. The zero-order valence-electron chi connectivity index (χ0n) is 19.1. The summed E-state index contributed by atoms with van der Waals surface area (Å²) in [5, 5.41) is 14.5. The number of halogens is 1. The first-order valence-electron chi connectivity index (χ1n) is 11.3. The van der Waals surface area contributed by atoms with E-state index in [0.29, 0.717) is 27.7 Å². The van der Waals surface area contributed by atoms with Crippen LogP contribution in [0.5, 0.6) is 0 Å². The van der Waals surface area contributed by atoms with Crippen LogP contribution in [0, 0.1) is 3.57 Å². The number of carboxylic acid groups (broad SMARTS) is 1. The van der Waals surface area contributed by atoms with Gasteiger partial charge in [0.2, 0.25) is 0 Å². The van der Waals surface area contributed by atoms with Gasteiger partial charge in [0.15, 0.2) is 0 Å². The third-order valence-corrected chi connectivity index (χ3v) is 6.88. The van der Waals surface area contributed by atoms with Crippen molar-refractivity contribution in [3.63, 3.8) is 0 Å². The van der Waals surface area contributed by atoms with Gasteiger partial charge in [0, 0.05) is 15.1 Å². The SMILES string of the molecule is CCC[C@@H](NC(=O)c1ccc(NC(=O)OCC2c3ccccc3-c3ccccc32)c(I)c1)C(=O)O. The second kappa shape index (κ2) is 10.9. The maximum atomic E-state index is 12.6. The average molecular weight is 584 g/mol. The number of nitrogens with one attached hydrogen (secondary N) is 2. The Labute approximate surface area is 217 Å². The summed E-state index contributed by atoms with van der Waals surface area (Å²) >= 11 is 2.02. The van der Waals surface area contributed by atoms with E-state index in [0.717, 1.165) is 22.3 Å². The van der Waals surface area contributed by atoms with Crippen molar-refractivity contribution in [2.75, 3.05) is 11.9 Å². The summed E-state index contributed by atoms with van der Waals surface area (Å²) in [6.07, 6.45) is 0.396. The van der Waals surface area contributed by atoms with Gasteiger partial charge in [0.1, 0.15) is 12.6 Å². The van der Waals surface area contributed by atoms with E-state index in [1.807, 2.05) is 53.8 Å². The molecule has 0 radical (unpaired) electrons. The van der Waals surface area contributed by atoms with E-state index in [9.17, 15) is 19.5 Å². The van der Waals surface area contributed by atoms with Crippen LogP contribution in [-0.2, 0) is 9.53 Å². The van der Waals surface area contributed by atoms with E-state index in [1.54, 1.807) is 18.2 Å². The van der Waals surface area contributed by atoms with Gasteiger partial charge in [-0.15, -0.1) is 0 Å². The van der Waals surface area contributed by atoms with Gasteiger partial charge >= 0.3 is 12.1 Å². The van der Waals surface area contributed by atoms with Gasteiger partial charge in [-0.2, -0.15) is 0 Å². The molecule has 8 heteroatoms. The predicted octanol–water partition coefficient (Wildman–Crippen LogP) is 5.64. The topological polar surface area (TPSA) is 105 Å². The number of benzene rings is 3. The van der Waals surface area contributed by atoms with Crippen LogP contribution in [0.2, 0.25) is 0 Å². The molecule has 0 saturated heterocycles. The summed E-state index contributed by atoms with van der Waals surface area (Å²) in [6.45, 7) is 2.06. The van der Waals surface area contributed by atoms with E-state index < -0.39 is 24.0 Å². The van der Waals surface area contributed by atoms with Crippen LogP contribution >= 0.6 is 22.6 Å². The Balaban J connectivity index is 1.39. The standard InChI is InChI=1S/C27H25IN2O5/c1-2-7-24(26(32)33)29-25(31)16-12-13-23(22(28)14-16)30-27(34)35-15-21-19-10-5-3-8-17(19)18-9-4-6-11-20(18)21/h3-6,8-14,21,24H,2,7,15H2,1H3,(H,29,31)(H,30,34)(H,32,33)/t24-/m1/s1. The molecule has 0 bridgehead atoms.